The highest BCUT2D eigenvalue weighted by Crippen LogP contribution is 2.25. The summed E-state index contributed by atoms with van der Waals surface area (Å²) in [7, 11) is 0. The van der Waals surface area contributed by atoms with E-state index < -0.39 is 5.82 Å². The quantitative estimate of drug-likeness (QED) is 0.501. The number of amides is 1. The van der Waals surface area contributed by atoms with Crippen LogP contribution in [0.2, 0.25) is 0 Å². The van der Waals surface area contributed by atoms with E-state index in [0.717, 1.165) is 5.56 Å². The van der Waals surface area contributed by atoms with Crippen LogP contribution in [0.3, 0.4) is 0 Å². The van der Waals surface area contributed by atoms with Gasteiger partial charge in [0.05, 0.1) is 25.5 Å². The fraction of sp³-hybridized carbons (Fsp3) is 0.231. The van der Waals surface area contributed by atoms with E-state index in [4.69, 9.17) is 9.47 Å². The first-order valence-electron chi connectivity index (χ1n) is 11.0. The number of hydrogen-bond donors (Lipinski definition) is 1. The van der Waals surface area contributed by atoms with Crippen LogP contribution in [0.1, 0.15) is 17.2 Å². The highest BCUT2D eigenvalue weighted by molar-refractivity contribution is 5.91. The summed E-state index contributed by atoms with van der Waals surface area (Å²) in [5, 5.41) is 2.87. The lowest BCUT2D eigenvalue weighted by Crippen LogP contribution is -2.43. The average molecular weight is 466 g/mol. The molecule has 0 saturated carbocycles. The number of carbonyl (C=O) groups excluding carboxylic acids is 1. The SMILES string of the molecule is O=C(/C=C/c1ccc(Oc2cccnc2)c(F)c1)NCC(c1cccc(F)c1)N1CCOCC1. The van der Waals surface area contributed by atoms with Gasteiger partial charge in [-0.15, -0.1) is 0 Å². The van der Waals surface area contributed by atoms with E-state index in [2.05, 4.69) is 15.2 Å². The Bertz CT molecular complexity index is 1140. The van der Waals surface area contributed by atoms with Gasteiger partial charge in [-0.25, -0.2) is 8.78 Å². The Labute approximate surface area is 196 Å². The van der Waals surface area contributed by atoms with Crippen LogP contribution < -0.4 is 10.1 Å². The van der Waals surface area contributed by atoms with Gasteiger partial charge >= 0.3 is 0 Å². The van der Waals surface area contributed by atoms with Gasteiger partial charge in [0, 0.05) is 31.9 Å². The van der Waals surface area contributed by atoms with Crippen molar-refractivity contribution in [2.75, 3.05) is 32.8 Å². The van der Waals surface area contributed by atoms with Crippen LogP contribution in [0.5, 0.6) is 11.5 Å². The van der Waals surface area contributed by atoms with Crippen LogP contribution in [-0.2, 0) is 9.53 Å². The molecule has 176 valence electrons. The standard InChI is InChI=1S/C26H25F2N3O3/c27-21-4-1-3-20(16-21)24(31-11-13-33-14-12-31)18-30-26(32)9-7-19-6-8-25(23(28)15-19)34-22-5-2-10-29-17-22/h1-10,15-17,24H,11-14,18H2,(H,30,32)/b9-7+. The van der Waals surface area contributed by atoms with Crippen molar-refractivity contribution in [3.8, 4) is 11.5 Å². The van der Waals surface area contributed by atoms with E-state index >= 15 is 0 Å². The van der Waals surface area contributed by atoms with Crippen molar-refractivity contribution in [2.45, 2.75) is 6.04 Å². The van der Waals surface area contributed by atoms with E-state index in [1.165, 1.54) is 42.6 Å². The second-order valence-electron chi connectivity index (χ2n) is 7.78. The van der Waals surface area contributed by atoms with E-state index in [1.54, 1.807) is 30.5 Å². The zero-order valence-corrected chi connectivity index (χ0v) is 18.5. The summed E-state index contributed by atoms with van der Waals surface area (Å²) in [5.74, 6) is -0.703. The van der Waals surface area contributed by atoms with E-state index in [9.17, 15) is 13.6 Å². The largest absolute Gasteiger partial charge is 0.453 e. The van der Waals surface area contributed by atoms with Crippen LogP contribution in [0.15, 0.2) is 73.1 Å². The number of rotatable bonds is 8. The van der Waals surface area contributed by atoms with Crippen LogP contribution in [0, 0.1) is 11.6 Å². The lowest BCUT2D eigenvalue weighted by Gasteiger charge is -2.34. The van der Waals surface area contributed by atoms with Crippen molar-refractivity contribution >= 4 is 12.0 Å². The Hall–Kier alpha value is -3.62. The summed E-state index contributed by atoms with van der Waals surface area (Å²) in [5.41, 5.74) is 1.30. The normalized spacial score (nSPS) is 15.2. The summed E-state index contributed by atoms with van der Waals surface area (Å²) in [6.45, 7) is 2.87. The number of morpholine rings is 1. The first-order chi connectivity index (χ1) is 16.6. The molecule has 3 aromatic rings. The van der Waals surface area contributed by atoms with Crippen molar-refractivity contribution in [1.82, 2.24) is 15.2 Å². The fourth-order valence-electron chi connectivity index (χ4n) is 3.73. The number of pyridine rings is 1. The maximum atomic E-state index is 14.4. The van der Waals surface area contributed by atoms with Gasteiger partial charge < -0.3 is 14.8 Å². The number of carbonyl (C=O) groups is 1. The average Bonchev–Trinajstić information content (AvgIpc) is 2.86. The maximum Gasteiger partial charge on any atom is 0.244 e. The van der Waals surface area contributed by atoms with Gasteiger partial charge in [0.15, 0.2) is 11.6 Å². The zero-order chi connectivity index (χ0) is 23.8. The first-order valence-corrected chi connectivity index (χ1v) is 11.0. The van der Waals surface area contributed by atoms with Gasteiger partial charge in [-0.05, 0) is 53.6 Å². The molecule has 1 saturated heterocycles. The van der Waals surface area contributed by atoms with Crippen molar-refractivity contribution in [3.05, 3.63) is 95.8 Å². The Morgan fingerprint density at radius 1 is 1.15 bits per heavy atom. The molecular formula is C26H25F2N3O3. The minimum absolute atomic E-state index is 0.0676. The Balaban J connectivity index is 1.37. The Morgan fingerprint density at radius 2 is 2.00 bits per heavy atom. The number of nitrogens with zero attached hydrogens (tertiary/aromatic N) is 2. The molecule has 0 bridgehead atoms. The third-order valence-electron chi connectivity index (χ3n) is 5.43. The summed E-state index contributed by atoms with van der Waals surface area (Å²) >= 11 is 0. The number of nitrogens with one attached hydrogen (secondary N) is 1. The summed E-state index contributed by atoms with van der Waals surface area (Å²) in [6.07, 6.45) is 5.96. The van der Waals surface area contributed by atoms with Crippen molar-refractivity contribution in [3.63, 3.8) is 0 Å². The number of ether oxygens (including phenoxy) is 2. The van der Waals surface area contributed by atoms with Crippen molar-refractivity contribution in [1.29, 1.82) is 0 Å². The fourth-order valence-corrected chi connectivity index (χ4v) is 3.73. The van der Waals surface area contributed by atoms with Gasteiger partial charge in [0.2, 0.25) is 5.91 Å². The molecule has 8 heteroatoms. The predicted octanol–water partition coefficient (Wildman–Crippen LogP) is 4.36. The maximum absolute atomic E-state index is 14.4. The van der Waals surface area contributed by atoms with E-state index in [0.29, 0.717) is 44.2 Å². The van der Waals surface area contributed by atoms with Gasteiger partial charge in [-0.3, -0.25) is 14.7 Å². The monoisotopic (exact) mass is 465 g/mol. The Morgan fingerprint density at radius 3 is 2.74 bits per heavy atom. The van der Waals surface area contributed by atoms with Gasteiger partial charge in [0.25, 0.3) is 0 Å². The molecule has 2 heterocycles. The minimum atomic E-state index is -0.551. The van der Waals surface area contributed by atoms with E-state index in [-0.39, 0.29) is 23.5 Å². The molecule has 1 N–H and O–H groups in total. The molecule has 1 aliphatic rings. The molecular weight excluding hydrogens is 440 g/mol. The minimum Gasteiger partial charge on any atom is -0.453 e. The zero-order valence-electron chi connectivity index (χ0n) is 18.5. The molecule has 1 atom stereocenters. The van der Waals surface area contributed by atoms with Crippen LogP contribution in [0.25, 0.3) is 6.08 Å². The molecule has 1 aromatic heterocycles. The summed E-state index contributed by atoms with van der Waals surface area (Å²) in [4.78, 5) is 18.5. The van der Waals surface area contributed by atoms with Crippen molar-refractivity contribution in [2.24, 2.45) is 0 Å². The first kappa shape index (κ1) is 23.5. The van der Waals surface area contributed by atoms with Gasteiger partial charge in [-0.1, -0.05) is 18.2 Å². The highest BCUT2D eigenvalue weighted by Gasteiger charge is 2.23. The summed E-state index contributed by atoms with van der Waals surface area (Å²) < 4.78 is 39.1. The van der Waals surface area contributed by atoms with Crippen LogP contribution >= 0.6 is 0 Å². The topological polar surface area (TPSA) is 63.7 Å². The molecule has 4 rings (SSSR count). The van der Waals surface area contributed by atoms with Crippen molar-refractivity contribution < 1.29 is 23.0 Å². The molecule has 1 amide bonds. The predicted molar refractivity (Wildman–Crippen MR) is 124 cm³/mol. The molecule has 1 unspecified atom stereocenters. The lowest BCUT2D eigenvalue weighted by molar-refractivity contribution is -0.116. The molecule has 0 radical (unpaired) electrons. The number of hydrogen-bond acceptors (Lipinski definition) is 5. The Kier molecular flexibility index (Phi) is 7.95. The number of benzene rings is 2. The van der Waals surface area contributed by atoms with E-state index in [1.807, 2.05) is 6.07 Å². The lowest BCUT2D eigenvalue weighted by atomic mass is 10.0. The second-order valence-corrected chi connectivity index (χ2v) is 7.78. The molecule has 2 aromatic carbocycles. The van der Waals surface area contributed by atoms with Gasteiger partial charge in [0.1, 0.15) is 11.6 Å². The molecule has 1 fully saturated rings. The third-order valence-corrected chi connectivity index (χ3v) is 5.43. The highest BCUT2D eigenvalue weighted by atomic mass is 19.1. The molecule has 6 nitrogen and oxygen atoms in total. The molecule has 0 aliphatic carbocycles. The smallest absolute Gasteiger partial charge is 0.244 e. The number of halogens is 2. The van der Waals surface area contributed by atoms with Crippen LogP contribution in [0.4, 0.5) is 8.78 Å². The van der Waals surface area contributed by atoms with Gasteiger partial charge in [-0.2, -0.15) is 0 Å². The molecule has 34 heavy (non-hydrogen) atoms. The summed E-state index contributed by atoms with van der Waals surface area (Å²) in [6, 6.07) is 14.0. The second kappa shape index (κ2) is 11.5. The molecule has 0 spiro atoms. The number of aromatic nitrogens is 1. The van der Waals surface area contributed by atoms with Crippen LogP contribution in [-0.4, -0.2) is 48.6 Å². The third kappa shape index (κ3) is 6.46. The molecule has 1 aliphatic heterocycles.